The maximum Gasteiger partial charge on any atom is 0.0736 e. The van der Waals surface area contributed by atoms with Crippen LogP contribution in [-0.4, -0.2) is 19.9 Å². The van der Waals surface area contributed by atoms with Crippen molar-refractivity contribution in [2.75, 3.05) is 0 Å². The van der Waals surface area contributed by atoms with Gasteiger partial charge in [0.1, 0.15) is 0 Å². The average Bonchev–Trinajstić information content (AvgIpc) is 3.62. The Balaban J connectivity index is 1.32. The molecule has 0 aliphatic carbocycles. The molecular formula is C53H46N4. The molecule has 0 saturated carbocycles. The zero-order valence-electron chi connectivity index (χ0n) is 33.4. The maximum atomic E-state index is 5.52. The minimum absolute atomic E-state index is 0.0906. The van der Waals surface area contributed by atoms with Gasteiger partial charge in [0.15, 0.2) is 0 Å². The number of hydrogen-bond donors (Lipinski definition) is 1. The van der Waals surface area contributed by atoms with Gasteiger partial charge in [-0.25, -0.2) is 4.98 Å². The highest BCUT2D eigenvalue weighted by atomic mass is 14.8. The van der Waals surface area contributed by atoms with Gasteiger partial charge >= 0.3 is 0 Å². The van der Waals surface area contributed by atoms with E-state index in [1.807, 2.05) is 24.7 Å². The number of aromatic amines is 1. The summed E-state index contributed by atoms with van der Waals surface area (Å²) >= 11 is 0. The number of H-pyrrole nitrogens is 1. The maximum absolute atomic E-state index is 5.52. The standard InChI is InChI=1S/C53H46N4/c1-52(2,3)41-29-43-44-30-42(53(4,5)6)32-46(51(44)57-50(43)45(31-41)48-26-37(22-24-55-48)39-21-14-23-54-33-39)49-28-40(35-17-11-8-12-18-35)27-47(56-49)38-20-13-19-36(25-38)34-15-9-7-10-16-34/h7-33,57H,1-6H3. The molecule has 0 radical (unpaired) electrons. The van der Waals surface area contributed by atoms with E-state index in [-0.39, 0.29) is 10.8 Å². The van der Waals surface area contributed by atoms with Crippen molar-refractivity contribution in [1.29, 1.82) is 0 Å². The third kappa shape index (κ3) is 7.04. The first kappa shape index (κ1) is 36.0. The van der Waals surface area contributed by atoms with Gasteiger partial charge in [-0.05, 0) is 110 Å². The van der Waals surface area contributed by atoms with E-state index in [2.05, 4.69) is 191 Å². The molecule has 4 aromatic heterocycles. The second-order valence-electron chi connectivity index (χ2n) is 17.1. The van der Waals surface area contributed by atoms with Crippen LogP contribution in [0.15, 0.2) is 164 Å². The Labute approximate surface area is 335 Å². The number of benzene rings is 5. The summed E-state index contributed by atoms with van der Waals surface area (Å²) in [6, 6.07) is 52.2. The lowest BCUT2D eigenvalue weighted by Gasteiger charge is -2.22. The molecule has 0 saturated heterocycles. The summed E-state index contributed by atoms with van der Waals surface area (Å²) in [5.74, 6) is 0. The third-order valence-electron chi connectivity index (χ3n) is 11.1. The number of nitrogens with zero attached hydrogens (tertiary/aromatic N) is 3. The number of fused-ring (bicyclic) bond motifs is 3. The largest absolute Gasteiger partial charge is 0.353 e. The minimum atomic E-state index is -0.111. The van der Waals surface area contributed by atoms with E-state index < -0.39 is 0 Å². The van der Waals surface area contributed by atoms with Crippen LogP contribution in [-0.2, 0) is 10.8 Å². The predicted molar refractivity (Wildman–Crippen MR) is 239 cm³/mol. The summed E-state index contributed by atoms with van der Waals surface area (Å²) in [6.07, 6.45) is 5.63. The van der Waals surface area contributed by atoms with Gasteiger partial charge in [-0.2, -0.15) is 0 Å². The van der Waals surface area contributed by atoms with Crippen molar-refractivity contribution in [2.45, 2.75) is 52.4 Å². The van der Waals surface area contributed by atoms with Gasteiger partial charge in [-0.3, -0.25) is 9.97 Å². The molecule has 4 nitrogen and oxygen atoms in total. The van der Waals surface area contributed by atoms with Crippen LogP contribution in [0.5, 0.6) is 0 Å². The van der Waals surface area contributed by atoms with Crippen LogP contribution in [0.25, 0.3) is 89.0 Å². The molecule has 9 rings (SSSR count). The van der Waals surface area contributed by atoms with E-state index in [0.717, 1.165) is 72.6 Å². The lowest BCUT2D eigenvalue weighted by Crippen LogP contribution is -2.11. The molecular weight excluding hydrogens is 693 g/mol. The van der Waals surface area contributed by atoms with Crippen LogP contribution in [0.2, 0.25) is 0 Å². The van der Waals surface area contributed by atoms with Gasteiger partial charge in [-0.15, -0.1) is 0 Å². The van der Waals surface area contributed by atoms with Gasteiger partial charge in [0, 0.05) is 51.6 Å². The zero-order chi connectivity index (χ0) is 39.3. The molecule has 0 fully saturated rings. The highest BCUT2D eigenvalue weighted by Gasteiger charge is 2.24. The van der Waals surface area contributed by atoms with E-state index in [1.54, 1.807) is 0 Å². The number of nitrogens with one attached hydrogen (secondary N) is 1. The molecule has 57 heavy (non-hydrogen) atoms. The molecule has 0 aliphatic rings. The van der Waals surface area contributed by atoms with Crippen molar-refractivity contribution in [1.82, 2.24) is 19.9 Å². The SMILES string of the molecule is CC(C)(C)c1cc(-c2cc(-c3cccnc3)ccn2)c2[nH]c3c(-c4cc(-c5ccccc5)cc(-c5cccc(-c6ccccc6)c5)n4)cc(C(C)(C)C)cc3c2c1. The summed E-state index contributed by atoms with van der Waals surface area (Å²) in [5, 5.41) is 2.37. The number of aromatic nitrogens is 4. The van der Waals surface area contributed by atoms with Crippen LogP contribution >= 0.6 is 0 Å². The lowest BCUT2D eigenvalue weighted by atomic mass is 9.83. The fourth-order valence-corrected chi connectivity index (χ4v) is 7.77. The van der Waals surface area contributed by atoms with Crippen molar-refractivity contribution in [3.05, 3.63) is 175 Å². The monoisotopic (exact) mass is 738 g/mol. The minimum Gasteiger partial charge on any atom is -0.353 e. The van der Waals surface area contributed by atoms with Crippen LogP contribution < -0.4 is 0 Å². The van der Waals surface area contributed by atoms with Crippen LogP contribution in [0.3, 0.4) is 0 Å². The molecule has 5 aromatic carbocycles. The Bertz CT molecular complexity index is 2890. The Kier molecular flexibility index (Phi) is 8.93. The molecule has 278 valence electrons. The van der Waals surface area contributed by atoms with Crippen molar-refractivity contribution >= 4 is 21.8 Å². The molecule has 0 amide bonds. The molecule has 0 spiro atoms. The van der Waals surface area contributed by atoms with Crippen molar-refractivity contribution < 1.29 is 0 Å². The first-order chi connectivity index (χ1) is 27.5. The van der Waals surface area contributed by atoms with E-state index >= 15 is 0 Å². The van der Waals surface area contributed by atoms with Gasteiger partial charge in [0.25, 0.3) is 0 Å². The molecule has 0 bridgehead atoms. The van der Waals surface area contributed by atoms with Crippen LogP contribution in [0, 0.1) is 0 Å². The first-order valence-electron chi connectivity index (χ1n) is 19.7. The Morgan fingerprint density at radius 1 is 0.404 bits per heavy atom. The summed E-state index contributed by atoms with van der Waals surface area (Å²) in [7, 11) is 0. The average molecular weight is 739 g/mol. The van der Waals surface area contributed by atoms with Gasteiger partial charge in [-0.1, -0.05) is 126 Å². The molecule has 0 atom stereocenters. The Morgan fingerprint density at radius 2 is 0.930 bits per heavy atom. The third-order valence-corrected chi connectivity index (χ3v) is 11.1. The molecule has 4 heteroatoms. The number of hydrogen-bond acceptors (Lipinski definition) is 3. The van der Waals surface area contributed by atoms with E-state index in [9.17, 15) is 0 Å². The first-order valence-corrected chi connectivity index (χ1v) is 19.7. The second-order valence-corrected chi connectivity index (χ2v) is 17.1. The topological polar surface area (TPSA) is 54.5 Å². The van der Waals surface area contributed by atoms with Crippen LogP contribution in [0.4, 0.5) is 0 Å². The highest BCUT2D eigenvalue weighted by Crippen LogP contribution is 2.43. The zero-order valence-corrected chi connectivity index (χ0v) is 33.4. The fraction of sp³-hybridized carbons (Fsp3) is 0.151. The summed E-state index contributed by atoms with van der Waals surface area (Å²) in [6.45, 7) is 13.7. The smallest absolute Gasteiger partial charge is 0.0736 e. The lowest BCUT2D eigenvalue weighted by molar-refractivity contribution is 0.590. The normalized spacial score (nSPS) is 12.0. The highest BCUT2D eigenvalue weighted by molar-refractivity contribution is 6.16. The predicted octanol–water partition coefficient (Wildman–Crippen LogP) is 14.1. The van der Waals surface area contributed by atoms with E-state index in [1.165, 1.54) is 27.5 Å². The second kappa shape index (κ2) is 14.1. The van der Waals surface area contributed by atoms with E-state index in [4.69, 9.17) is 9.97 Å². The molecule has 1 N–H and O–H groups in total. The number of rotatable bonds is 6. The summed E-state index contributed by atoms with van der Waals surface area (Å²) in [5.41, 5.74) is 17.2. The fourth-order valence-electron chi connectivity index (χ4n) is 7.77. The Hall–Kier alpha value is -6.65. The van der Waals surface area contributed by atoms with Gasteiger partial charge < -0.3 is 4.98 Å². The van der Waals surface area contributed by atoms with Crippen molar-refractivity contribution in [2.24, 2.45) is 0 Å². The van der Waals surface area contributed by atoms with Crippen molar-refractivity contribution in [3.8, 4) is 67.2 Å². The summed E-state index contributed by atoms with van der Waals surface area (Å²) in [4.78, 5) is 18.9. The molecule has 0 unspecified atom stereocenters. The number of pyridine rings is 3. The van der Waals surface area contributed by atoms with E-state index in [0.29, 0.717) is 0 Å². The van der Waals surface area contributed by atoms with Gasteiger partial charge in [0.05, 0.1) is 28.1 Å². The van der Waals surface area contributed by atoms with Gasteiger partial charge in [0.2, 0.25) is 0 Å². The quantitative estimate of drug-likeness (QED) is 0.185. The Morgan fingerprint density at radius 3 is 1.54 bits per heavy atom. The molecule has 4 heterocycles. The van der Waals surface area contributed by atoms with Crippen LogP contribution in [0.1, 0.15) is 52.7 Å². The van der Waals surface area contributed by atoms with Crippen molar-refractivity contribution in [3.63, 3.8) is 0 Å². The summed E-state index contributed by atoms with van der Waals surface area (Å²) < 4.78 is 0. The molecule has 9 aromatic rings. The molecule has 0 aliphatic heterocycles.